The van der Waals surface area contributed by atoms with Gasteiger partial charge in [-0.3, -0.25) is 9.69 Å². The standard InChI is InChI=1S/C20H31N5O.HI/c1-4-11-21-20(23-15-19(26)24(2)3)22-14-17-7-9-18(10-8-17)16-25-12-5-6-13-25;/h4,7-10H,1,5-6,11-16H2,2-3H3,(H2,21,22,23);1H. The Labute approximate surface area is 180 Å². The number of guanidine groups is 1. The Morgan fingerprint density at radius 2 is 1.81 bits per heavy atom. The first-order valence-electron chi connectivity index (χ1n) is 9.22. The Morgan fingerprint density at radius 3 is 2.41 bits per heavy atom. The van der Waals surface area contributed by atoms with Gasteiger partial charge in [-0.05, 0) is 37.1 Å². The summed E-state index contributed by atoms with van der Waals surface area (Å²) in [5, 5.41) is 6.20. The molecule has 1 aliphatic rings. The first-order chi connectivity index (χ1) is 12.6. The van der Waals surface area contributed by atoms with E-state index in [1.807, 2.05) is 0 Å². The van der Waals surface area contributed by atoms with E-state index in [1.54, 1.807) is 25.1 Å². The van der Waals surface area contributed by atoms with Gasteiger partial charge in [-0.25, -0.2) is 4.99 Å². The van der Waals surface area contributed by atoms with Gasteiger partial charge in [-0.15, -0.1) is 30.6 Å². The van der Waals surface area contributed by atoms with E-state index in [2.05, 4.69) is 51.4 Å². The molecule has 1 aliphatic heterocycles. The molecule has 7 heteroatoms. The second-order valence-electron chi connectivity index (χ2n) is 6.78. The molecule has 1 fully saturated rings. The van der Waals surface area contributed by atoms with Crippen molar-refractivity contribution in [3.63, 3.8) is 0 Å². The summed E-state index contributed by atoms with van der Waals surface area (Å²) in [4.78, 5) is 20.3. The highest BCUT2D eigenvalue weighted by Crippen LogP contribution is 2.13. The van der Waals surface area contributed by atoms with Crippen LogP contribution in [0.2, 0.25) is 0 Å². The van der Waals surface area contributed by atoms with E-state index in [-0.39, 0.29) is 36.4 Å². The minimum absolute atomic E-state index is 0. The van der Waals surface area contributed by atoms with Crippen molar-refractivity contribution in [2.45, 2.75) is 25.9 Å². The third kappa shape index (κ3) is 8.75. The van der Waals surface area contributed by atoms with E-state index in [0.717, 1.165) is 12.1 Å². The fourth-order valence-electron chi connectivity index (χ4n) is 2.78. The normalized spacial score (nSPS) is 14.4. The average Bonchev–Trinajstić information content (AvgIpc) is 3.15. The molecule has 2 rings (SSSR count). The minimum atomic E-state index is 0. The van der Waals surface area contributed by atoms with Crippen molar-refractivity contribution < 1.29 is 4.79 Å². The number of carbonyl (C=O) groups excluding carboxylic acids is 1. The highest BCUT2D eigenvalue weighted by Gasteiger charge is 2.11. The van der Waals surface area contributed by atoms with Gasteiger partial charge >= 0.3 is 0 Å². The molecule has 1 saturated heterocycles. The van der Waals surface area contributed by atoms with Crippen LogP contribution in [0.25, 0.3) is 0 Å². The van der Waals surface area contributed by atoms with Crippen LogP contribution in [0, 0.1) is 0 Å². The quantitative estimate of drug-likeness (QED) is 0.257. The predicted octanol–water partition coefficient (Wildman–Crippen LogP) is 2.21. The molecule has 0 radical (unpaired) electrons. The van der Waals surface area contributed by atoms with E-state index in [4.69, 9.17) is 0 Å². The van der Waals surface area contributed by atoms with Crippen molar-refractivity contribution in [3.8, 4) is 0 Å². The number of rotatable bonds is 8. The zero-order valence-corrected chi connectivity index (χ0v) is 18.7. The van der Waals surface area contributed by atoms with Crippen LogP contribution in [-0.4, -0.2) is 61.9 Å². The molecule has 0 aromatic heterocycles. The maximum atomic E-state index is 11.7. The lowest BCUT2D eigenvalue weighted by Crippen LogP contribution is -2.43. The Balaban J connectivity index is 0.00000364. The summed E-state index contributed by atoms with van der Waals surface area (Å²) in [7, 11) is 3.48. The number of carbonyl (C=O) groups is 1. The van der Waals surface area contributed by atoms with Gasteiger partial charge in [0.2, 0.25) is 5.91 Å². The first-order valence-corrected chi connectivity index (χ1v) is 9.22. The summed E-state index contributed by atoms with van der Waals surface area (Å²) < 4.78 is 0. The number of hydrogen-bond acceptors (Lipinski definition) is 3. The van der Waals surface area contributed by atoms with Crippen LogP contribution >= 0.6 is 24.0 Å². The summed E-state index contributed by atoms with van der Waals surface area (Å²) >= 11 is 0. The van der Waals surface area contributed by atoms with Crippen molar-refractivity contribution >= 4 is 35.8 Å². The molecule has 1 amide bonds. The third-order valence-corrected chi connectivity index (χ3v) is 4.37. The van der Waals surface area contributed by atoms with Crippen LogP contribution in [0.4, 0.5) is 0 Å². The summed E-state index contributed by atoms with van der Waals surface area (Å²) in [6.07, 6.45) is 4.39. The van der Waals surface area contributed by atoms with E-state index >= 15 is 0 Å². The molecule has 27 heavy (non-hydrogen) atoms. The molecule has 0 spiro atoms. The number of nitrogens with zero attached hydrogens (tertiary/aromatic N) is 3. The van der Waals surface area contributed by atoms with Crippen molar-refractivity contribution in [1.29, 1.82) is 0 Å². The number of benzene rings is 1. The minimum Gasteiger partial charge on any atom is -0.353 e. The summed E-state index contributed by atoms with van der Waals surface area (Å²) in [5.41, 5.74) is 2.49. The van der Waals surface area contributed by atoms with Crippen LogP contribution in [0.5, 0.6) is 0 Å². The van der Waals surface area contributed by atoms with Gasteiger partial charge in [0.25, 0.3) is 0 Å². The molecule has 150 valence electrons. The number of nitrogens with one attached hydrogen (secondary N) is 2. The fourth-order valence-corrected chi connectivity index (χ4v) is 2.78. The van der Waals surface area contributed by atoms with E-state index in [0.29, 0.717) is 19.0 Å². The third-order valence-electron chi connectivity index (χ3n) is 4.37. The maximum absolute atomic E-state index is 11.7. The lowest BCUT2D eigenvalue weighted by Gasteiger charge is -2.15. The molecule has 1 aromatic rings. The number of halogens is 1. The molecule has 0 saturated carbocycles. The highest BCUT2D eigenvalue weighted by atomic mass is 127. The second-order valence-corrected chi connectivity index (χ2v) is 6.78. The second kappa shape index (κ2) is 12.7. The average molecular weight is 485 g/mol. The van der Waals surface area contributed by atoms with Crippen LogP contribution in [0.3, 0.4) is 0 Å². The Bertz CT molecular complexity index is 609. The van der Waals surface area contributed by atoms with Crippen molar-refractivity contribution in [3.05, 3.63) is 48.0 Å². The van der Waals surface area contributed by atoms with E-state index in [9.17, 15) is 4.79 Å². The zero-order chi connectivity index (χ0) is 18.8. The number of hydrogen-bond donors (Lipinski definition) is 2. The molecule has 6 nitrogen and oxygen atoms in total. The summed E-state index contributed by atoms with van der Waals surface area (Å²) in [6.45, 7) is 8.52. The van der Waals surface area contributed by atoms with Crippen LogP contribution in [0.1, 0.15) is 24.0 Å². The Morgan fingerprint density at radius 1 is 1.19 bits per heavy atom. The molecule has 0 atom stereocenters. The molecule has 2 N–H and O–H groups in total. The van der Waals surface area contributed by atoms with Gasteiger partial charge < -0.3 is 15.5 Å². The number of amides is 1. The molecule has 0 unspecified atom stereocenters. The fraction of sp³-hybridized carbons (Fsp3) is 0.500. The topological polar surface area (TPSA) is 60.0 Å². The molecular weight excluding hydrogens is 453 g/mol. The van der Waals surface area contributed by atoms with Gasteiger partial charge in [0.05, 0.1) is 13.1 Å². The van der Waals surface area contributed by atoms with Gasteiger partial charge in [-0.2, -0.15) is 0 Å². The van der Waals surface area contributed by atoms with Gasteiger partial charge in [0.1, 0.15) is 0 Å². The summed E-state index contributed by atoms with van der Waals surface area (Å²) in [6, 6.07) is 8.63. The van der Waals surface area contributed by atoms with Crippen molar-refractivity contribution in [2.75, 3.05) is 40.3 Å². The van der Waals surface area contributed by atoms with Crippen LogP contribution in [-0.2, 0) is 17.9 Å². The van der Waals surface area contributed by atoms with Crippen molar-refractivity contribution in [2.24, 2.45) is 4.99 Å². The smallest absolute Gasteiger partial charge is 0.241 e. The van der Waals surface area contributed by atoms with E-state index in [1.165, 1.54) is 31.5 Å². The Kier molecular flexibility index (Phi) is 11.0. The van der Waals surface area contributed by atoms with Crippen LogP contribution < -0.4 is 10.6 Å². The SMILES string of the molecule is C=CCNC(=NCc1ccc(CN2CCCC2)cc1)NCC(=O)N(C)C.I. The molecule has 1 heterocycles. The lowest BCUT2D eigenvalue weighted by molar-refractivity contribution is -0.127. The van der Waals surface area contributed by atoms with E-state index < -0.39 is 0 Å². The predicted molar refractivity (Wildman–Crippen MR) is 122 cm³/mol. The van der Waals surface area contributed by atoms with Gasteiger partial charge in [0.15, 0.2) is 5.96 Å². The van der Waals surface area contributed by atoms with Gasteiger partial charge in [0, 0.05) is 27.2 Å². The number of aliphatic imine (C=N–C) groups is 1. The molecular formula is C20H32IN5O. The monoisotopic (exact) mass is 485 g/mol. The molecule has 1 aromatic carbocycles. The Hall–Kier alpha value is -1.61. The number of likely N-dealkylation sites (N-methyl/N-ethyl adjacent to an activating group) is 1. The highest BCUT2D eigenvalue weighted by molar-refractivity contribution is 14.0. The maximum Gasteiger partial charge on any atom is 0.241 e. The summed E-state index contributed by atoms with van der Waals surface area (Å²) in [5.74, 6) is 0.616. The zero-order valence-electron chi connectivity index (χ0n) is 16.4. The number of likely N-dealkylation sites (tertiary alicyclic amines) is 1. The van der Waals surface area contributed by atoms with Crippen molar-refractivity contribution in [1.82, 2.24) is 20.4 Å². The first kappa shape index (κ1) is 23.4. The lowest BCUT2D eigenvalue weighted by atomic mass is 10.1. The molecule has 0 bridgehead atoms. The largest absolute Gasteiger partial charge is 0.353 e. The van der Waals surface area contributed by atoms with Crippen LogP contribution in [0.15, 0.2) is 41.9 Å². The molecule has 0 aliphatic carbocycles. The van der Waals surface area contributed by atoms with Gasteiger partial charge in [-0.1, -0.05) is 30.3 Å².